The molecule has 228 valence electrons. The number of nitrogens with one attached hydrogen (secondary N) is 1. The molecule has 3 aliphatic heterocycles. The van der Waals surface area contributed by atoms with Crippen molar-refractivity contribution in [1.29, 1.82) is 0 Å². The van der Waals surface area contributed by atoms with Crippen LogP contribution in [0.3, 0.4) is 0 Å². The second-order valence-corrected chi connectivity index (χ2v) is 16.1. The highest BCUT2D eigenvalue weighted by Crippen LogP contribution is 2.51. The van der Waals surface area contributed by atoms with E-state index in [4.69, 9.17) is 9.05 Å². The van der Waals surface area contributed by atoms with E-state index in [1.54, 1.807) is 0 Å². The van der Waals surface area contributed by atoms with E-state index in [9.17, 15) is 9.36 Å². The quantitative estimate of drug-likeness (QED) is 0.306. The van der Waals surface area contributed by atoms with Gasteiger partial charge in [-0.05, 0) is 114 Å². The average molecular weight is 586 g/mol. The summed E-state index contributed by atoms with van der Waals surface area (Å²) >= 11 is 0. The summed E-state index contributed by atoms with van der Waals surface area (Å²) in [6, 6.07) is 9.77. The van der Waals surface area contributed by atoms with Crippen LogP contribution in [0.2, 0.25) is 0 Å². The molecule has 3 saturated carbocycles. The third-order valence-corrected chi connectivity index (χ3v) is 13.1. The number of piperidine rings is 2. The van der Waals surface area contributed by atoms with Gasteiger partial charge in [-0.1, -0.05) is 26.0 Å². The monoisotopic (exact) mass is 585 g/mol. The van der Waals surface area contributed by atoms with Crippen molar-refractivity contribution in [3.05, 3.63) is 24.3 Å². The number of hydrogen-bond donors (Lipinski definition) is 1. The van der Waals surface area contributed by atoms with Gasteiger partial charge in [-0.3, -0.25) is 14.3 Å². The molecule has 3 heterocycles. The molecule has 1 amide bonds. The van der Waals surface area contributed by atoms with E-state index in [1.807, 2.05) is 26.0 Å². The first-order valence-corrected chi connectivity index (χ1v) is 18.4. The Kier molecular flexibility index (Phi) is 8.90. The van der Waals surface area contributed by atoms with Gasteiger partial charge in [-0.2, -0.15) is 0 Å². The molecule has 7 atom stereocenters. The smallest absolute Gasteiger partial charge is 0.330 e. The number of fused-ring (bicyclic) bond motifs is 8. The number of carbonyl (C=O) groups is 1. The van der Waals surface area contributed by atoms with Crippen LogP contribution in [0.5, 0.6) is 0 Å². The minimum atomic E-state index is -3.23. The first-order chi connectivity index (χ1) is 19.8. The van der Waals surface area contributed by atoms with E-state index in [0.717, 1.165) is 42.0 Å². The molecule has 7 rings (SSSR count). The van der Waals surface area contributed by atoms with Crippen molar-refractivity contribution >= 4 is 24.9 Å². The van der Waals surface area contributed by atoms with Crippen LogP contribution in [-0.2, 0) is 18.4 Å². The molecule has 0 radical (unpaired) electrons. The van der Waals surface area contributed by atoms with E-state index in [-0.39, 0.29) is 18.1 Å². The van der Waals surface area contributed by atoms with E-state index in [1.165, 1.54) is 44.9 Å². The number of hydrogen-bond acceptors (Lipinski definition) is 6. The molecule has 1 N–H and O–H groups in total. The molecule has 1 aromatic carbocycles. The first-order valence-electron chi connectivity index (χ1n) is 16.6. The van der Waals surface area contributed by atoms with Gasteiger partial charge in [0.15, 0.2) is 0 Å². The summed E-state index contributed by atoms with van der Waals surface area (Å²) < 4.78 is 24.3. The molecule has 5 fully saturated rings. The van der Waals surface area contributed by atoms with Crippen molar-refractivity contribution < 1.29 is 18.4 Å². The van der Waals surface area contributed by atoms with Gasteiger partial charge in [0.1, 0.15) is 6.04 Å². The molecule has 3 aliphatic carbocycles. The summed E-state index contributed by atoms with van der Waals surface area (Å²) in [4.78, 5) is 19.4. The molecule has 8 heteroatoms. The lowest BCUT2D eigenvalue weighted by Crippen LogP contribution is -2.65. The van der Waals surface area contributed by atoms with Gasteiger partial charge in [0, 0.05) is 24.2 Å². The standard InChI is InChI=1S/C33H52N3O4P/c1-5-39-41(38,40-6-2)14-13-30-33(37)36(31-10-8-7-9-29(31)34-30)28-20-26-12-11-23(4)32(21-28)35(26)27-16-22(3)15-24-17-25(18-24)19-27/h7-10,22-28,30,32,34H,5-6,11-21H2,1-4H3/t22-,23?,24-,25+,26-,27-,28+,30?,32?/m0/s1. The predicted octanol–water partition coefficient (Wildman–Crippen LogP) is 7.32. The second kappa shape index (κ2) is 12.3. The number of anilines is 2. The van der Waals surface area contributed by atoms with Gasteiger partial charge < -0.3 is 19.3 Å². The van der Waals surface area contributed by atoms with E-state index >= 15 is 0 Å². The maximum atomic E-state index is 14.3. The zero-order valence-corrected chi connectivity index (χ0v) is 26.6. The largest absolute Gasteiger partial charge is 0.372 e. The van der Waals surface area contributed by atoms with Crippen LogP contribution in [0.1, 0.15) is 91.9 Å². The van der Waals surface area contributed by atoms with Gasteiger partial charge >= 0.3 is 7.60 Å². The maximum absolute atomic E-state index is 14.3. The molecule has 41 heavy (non-hydrogen) atoms. The fourth-order valence-corrected chi connectivity index (χ4v) is 11.0. The van der Waals surface area contributed by atoms with E-state index in [2.05, 4.69) is 41.1 Å². The number of carbonyl (C=O) groups excluding carboxylic acids is 1. The second-order valence-electron chi connectivity index (χ2n) is 13.9. The third-order valence-electron chi connectivity index (χ3n) is 11.0. The van der Waals surface area contributed by atoms with Crippen LogP contribution in [0.25, 0.3) is 0 Å². The van der Waals surface area contributed by atoms with Crippen LogP contribution in [0.4, 0.5) is 11.4 Å². The topological polar surface area (TPSA) is 71.1 Å². The molecule has 0 aromatic heterocycles. The highest BCUT2D eigenvalue weighted by molar-refractivity contribution is 7.53. The Morgan fingerprint density at radius 2 is 1.61 bits per heavy atom. The normalized spacial score (nSPS) is 37.4. The lowest BCUT2D eigenvalue weighted by molar-refractivity contribution is -0.121. The van der Waals surface area contributed by atoms with Crippen molar-refractivity contribution in [2.45, 2.75) is 122 Å². The predicted molar refractivity (Wildman–Crippen MR) is 166 cm³/mol. The van der Waals surface area contributed by atoms with Gasteiger partial charge in [-0.25, -0.2) is 0 Å². The minimum Gasteiger partial charge on any atom is -0.372 e. The van der Waals surface area contributed by atoms with Crippen LogP contribution < -0.4 is 10.2 Å². The van der Waals surface area contributed by atoms with Crippen molar-refractivity contribution in [3.63, 3.8) is 0 Å². The summed E-state index contributed by atoms with van der Waals surface area (Å²) in [6.45, 7) is 9.27. The molecule has 6 aliphatic rings. The number of para-hydroxylation sites is 2. The lowest BCUT2D eigenvalue weighted by atomic mass is 9.64. The Bertz CT molecular complexity index is 1110. The number of rotatable bonds is 9. The molecule has 4 bridgehead atoms. The number of nitrogens with zero attached hydrogens (tertiary/aromatic N) is 2. The van der Waals surface area contributed by atoms with Gasteiger partial charge in [0.2, 0.25) is 5.91 Å². The van der Waals surface area contributed by atoms with Crippen LogP contribution in [0.15, 0.2) is 24.3 Å². The van der Waals surface area contributed by atoms with Crippen LogP contribution >= 0.6 is 7.60 Å². The van der Waals surface area contributed by atoms with E-state index < -0.39 is 13.6 Å². The summed E-state index contributed by atoms with van der Waals surface area (Å²) in [5, 5.41) is 3.49. The van der Waals surface area contributed by atoms with Gasteiger partial charge in [0.25, 0.3) is 0 Å². The molecule has 0 spiro atoms. The summed E-state index contributed by atoms with van der Waals surface area (Å²) in [5.74, 6) is 3.48. The zero-order valence-electron chi connectivity index (χ0n) is 25.7. The maximum Gasteiger partial charge on any atom is 0.330 e. The van der Waals surface area contributed by atoms with Crippen LogP contribution in [0, 0.1) is 23.7 Å². The lowest BCUT2D eigenvalue weighted by Gasteiger charge is -2.58. The Hall–Kier alpha value is -1.40. The molecule has 1 aromatic rings. The Balaban J connectivity index is 1.23. The van der Waals surface area contributed by atoms with Gasteiger partial charge in [-0.15, -0.1) is 0 Å². The summed E-state index contributed by atoms with van der Waals surface area (Å²) in [5.41, 5.74) is 1.99. The molecular weight excluding hydrogens is 533 g/mol. The Morgan fingerprint density at radius 1 is 0.878 bits per heavy atom. The summed E-state index contributed by atoms with van der Waals surface area (Å²) in [7, 11) is -3.23. The molecule has 7 nitrogen and oxygen atoms in total. The highest BCUT2D eigenvalue weighted by Gasteiger charge is 2.50. The van der Waals surface area contributed by atoms with Crippen molar-refractivity contribution in [2.75, 3.05) is 29.6 Å². The Labute approximate surface area is 247 Å². The summed E-state index contributed by atoms with van der Waals surface area (Å²) in [6.07, 6.45) is 12.3. The van der Waals surface area contributed by atoms with Crippen molar-refractivity contribution in [3.8, 4) is 0 Å². The fourth-order valence-electron chi connectivity index (χ4n) is 9.30. The molecular formula is C33H52N3O4P. The first kappa shape index (κ1) is 29.7. The van der Waals surface area contributed by atoms with Crippen molar-refractivity contribution in [2.24, 2.45) is 23.7 Å². The van der Waals surface area contributed by atoms with Crippen molar-refractivity contribution in [1.82, 2.24) is 4.90 Å². The third kappa shape index (κ3) is 6.03. The molecule has 2 saturated heterocycles. The zero-order chi connectivity index (χ0) is 28.7. The molecule has 3 unspecified atom stereocenters. The SMILES string of the molecule is CCOP(=O)(CCC1Nc2ccccc2N([C@H]2CC3C(C)CC[C@@H](C2)N3[C@H]2C[C@@H](C)C[C@H]3C[C@@H](C2)C3)C1=O)OCC. The van der Waals surface area contributed by atoms with Crippen LogP contribution in [-0.4, -0.2) is 60.4 Å². The Morgan fingerprint density at radius 3 is 2.37 bits per heavy atom. The number of amides is 1. The average Bonchev–Trinajstić information content (AvgIpc) is 2.90. The minimum absolute atomic E-state index is 0.104. The fraction of sp³-hybridized carbons (Fsp3) is 0.788. The van der Waals surface area contributed by atoms with Gasteiger partial charge in [0.05, 0.1) is 30.8 Å². The number of benzene rings is 1. The van der Waals surface area contributed by atoms with E-state index in [0.29, 0.717) is 43.7 Å². The highest BCUT2D eigenvalue weighted by atomic mass is 31.2.